The van der Waals surface area contributed by atoms with Gasteiger partial charge in [-0.15, -0.1) is 0 Å². The van der Waals surface area contributed by atoms with E-state index in [9.17, 15) is 24.1 Å². The number of anilines is 1. The highest BCUT2D eigenvalue weighted by atomic mass is 19.1. The van der Waals surface area contributed by atoms with Crippen LogP contribution in [0.15, 0.2) is 36.7 Å². The molecule has 1 saturated heterocycles. The van der Waals surface area contributed by atoms with E-state index in [4.69, 9.17) is 28.3 Å². The van der Waals surface area contributed by atoms with E-state index in [0.717, 1.165) is 18.2 Å². The number of fused-ring (bicyclic) bond motifs is 1. The molecule has 41 heavy (non-hydrogen) atoms. The Balaban J connectivity index is 0.000000358. The summed E-state index contributed by atoms with van der Waals surface area (Å²) in [6.07, 6.45) is 6.35. The number of aromatic nitrogens is 6. The Hall–Kier alpha value is -3.46. The molecule has 1 saturated carbocycles. The first-order valence-electron chi connectivity index (χ1n) is 12.8. The van der Waals surface area contributed by atoms with Crippen molar-refractivity contribution in [2.45, 2.75) is 43.0 Å². The molecule has 11 nitrogen and oxygen atoms in total. The zero-order valence-corrected chi connectivity index (χ0v) is 22.0. The van der Waals surface area contributed by atoms with E-state index in [1.807, 2.05) is 30.1 Å². The zero-order chi connectivity index (χ0) is 29.5. The van der Waals surface area contributed by atoms with Gasteiger partial charge in [-0.3, -0.25) is 4.68 Å². The van der Waals surface area contributed by atoms with Gasteiger partial charge in [0.05, 0.1) is 48.0 Å². The summed E-state index contributed by atoms with van der Waals surface area (Å²) >= 11 is 0. The van der Waals surface area contributed by atoms with Crippen molar-refractivity contribution in [2.75, 3.05) is 24.6 Å². The fraction of sp³-hybridized carbons (Fsp3) is 0.400. The van der Waals surface area contributed by atoms with Crippen LogP contribution < -0.4 is 4.90 Å². The Morgan fingerprint density at radius 1 is 1.02 bits per heavy atom. The van der Waals surface area contributed by atoms with Gasteiger partial charge in [0.25, 0.3) is 0 Å². The summed E-state index contributed by atoms with van der Waals surface area (Å²) in [6, 6.07) is 5.57. The Kier molecular flexibility index (Phi) is 7.85. The average molecular weight is 557 g/mol. The summed E-state index contributed by atoms with van der Waals surface area (Å²) < 4.78 is 35.8. The van der Waals surface area contributed by atoms with E-state index in [2.05, 4.69) is 25.0 Å². The minimum Gasteiger partial charge on any atom is -0.375 e. The first-order chi connectivity index (χ1) is 19.3. The second kappa shape index (κ2) is 11.1. The molecule has 0 spiro atoms. The summed E-state index contributed by atoms with van der Waals surface area (Å²) in [4.78, 5) is 18.5. The van der Waals surface area contributed by atoms with Crippen LogP contribution >= 0.6 is 0 Å². The summed E-state index contributed by atoms with van der Waals surface area (Å²) in [5, 5.41) is 31.1. The fourth-order valence-electron chi connectivity index (χ4n) is 4.32. The lowest BCUT2D eigenvalue weighted by Crippen LogP contribution is -2.42. The topological polar surface area (TPSA) is 143 Å². The predicted molar refractivity (Wildman–Crippen MR) is 146 cm³/mol. The molecule has 2 fully saturated rings. The van der Waals surface area contributed by atoms with Crippen LogP contribution in [-0.4, -0.2) is 94.4 Å². The molecule has 3 aromatic heterocycles. The molecule has 1 aromatic carbocycles. The van der Waals surface area contributed by atoms with Crippen LogP contribution in [0.4, 0.5) is 14.7 Å². The molecular formula is C25H24B3F2N7O4. The number of hydrogen-bond donors (Lipinski definition) is 3. The molecule has 1 unspecified atom stereocenters. The zero-order valence-electron chi connectivity index (χ0n) is 22.0. The fourth-order valence-corrected chi connectivity index (χ4v) is 4.32. The molecule has 1 atom stereocenters. The van der Waals surface area contributed by atoms with Crippen LogP contribution in [0.2, 0.25) is 0 Å². The van der Waals surface area contributed by atoms with Gasteiger partial charge in [-0.25, -0.2) is 23.7 Å². The maximum Gasteiger partial charge on any atom is 0.324 e. The maximum atomic E-state index is 14.7. The number of rotatable bonds is 5. The normalized spacial score (nSPS) is 17.8. The van der Waals surface area contributed by atoms with Crippen LogP contribution in [0.3, 0.4) is 0 Å². The van der Waals surface area contributed by atoms with Gasteiger partial charge in [-0.05, 0) is 38.0 Å². The Bertz CT molecular complexity index is 1550. The lowest BCUT2D eigenvalue weighted by atomic mass is 9.41. The van der Waals surface area contributed by atoms with Crippen molar-refractivity contribution >= 4 is 40.7 Å². The number of halogens is 2. The second-order valence-electron chi connectivity index (χ2n) is 10.0. The van der Waals surface area contributed by atoms with Crippen LogP contribution in [0.1, 0.15) is 37.2 Å². The Morgan fingerprint density at radius 2 is 1.78 bits per heavy atom. The number of ether oxygens (including phenoxy) is 1. The molecule has 6 radical (unpaired) electrons. The van der Waals surface area contributed by atoms with Gasteiger partial charge in [0.1, 0.15) is 22.8 Å². The van der Waals surface area contributed by atoms with Crippen molar-refractivity contribution in [3.05, 3.63) is 59.7 Å². The van der Waals surface area contributed by atoms with E-state index < -0.39 is 34.1 Å². The van der Waals surface area contributed by atoms with Crippen molar-refractivity contribution in [2.24, 2.45) is 0 Å². The first kappa shape index (κ1) is 29.1. The SMILES string of the molecule is [B]C([B])([B])c1nc2c(-c3ccc(F)cc3F)nc(N3CCOC(C)C3)nc2nc1C(O)(O)O.c1cnn(C2CC2)c1. The van der Waals surface area contributed by atoms with Crippen LogP contribution in [0, 0.1) is 11.6 Å². The summed E-state index contributed by atoms with van der Waals surface area (Å²) in [5.74, 6) is -5.16. The van der Waals surface area contributed by atoms with Gasteiger partial charge in [-0.1, -0.05) is 5.11 Å². The number of aliphatic hydroxyl groups is 3. The van der Waals surface area contributed by atoms with Gasteiger partial charge in [-0.2, -0.15) is 10.1 Å². The number of nitrogens with zero attached hydrogens (tertiary/aromatic N) is 7. The molecular weight excluding hydrogens is 533 g/mol. The lowest BCUT2D eigenvalue weighted by molar-refractivity contribution is -0.326. The maximum absolute atomic E-state index is 14.7. The van der Waals surface area contributed by atoms with Crippen molar-refractivity contribution in [1.29, 1.82) is 0 Å². The van der Waals surface area contributed by atoms with Crippen LogP contribution in [0.5, 0.6) is 0 Å². The van der Waals surface area contributed by atoms with Gasteiger partial charge in [0.2, 0.25) is 5.95 Å². The lowest BCUT2D eigenvalue weighted by Gasteiger charge is -2.31. The quantitative estimate of drug-likeness (QED) is 0.235. The monoisotopic (exact) mass is 557 g/mol. The standard InChI is InChI=1S/C19H16B3F2N5O4.C6H8N2/c1-8-7-29(4-5-33-8)17-26-12(10-3-2-9(23)6-11(10)24)13-16(28-17)27-15(19(30,31)32)14(25-13)18(20,21)22;1-4-7-8(5-1)6-2-3-6/h2-3,6,8,30-32H,4-5,7H2,1H3;1,4-6H,2-3H2. The molecule has 1 aliphatic heterocycles. The molecule has 0 bridgehead atoms. The highest BCUT2D eigenvalue weighted by Gasteiger charge is 2.35. The molecule has 2 aliphatic rings. The number of benzene rings is 1. The molecule has 4 aromatic rings. The van der Waals surface area contributed by atoms with Crippen LogP contribution in [-0.2, 0) is 15.8 Å². The molecule has 1 aliphatic carbocycles. The van der Waals surface area contributed by atoms with E-state index in [1.54, 1.807) is 4.90 Å². The van der Waals surface area contributed by atoms with E-state index in [-0.39, 0.29) is 34.5 Å². The number of morpholine rings is 1. The highest BCUT2D eigenvalue weighted by molar-refractivity contribution is 6.58. The molecule has 16 heteroatoms. The van der Waals surface area contributed by atoms with Gasteiger partial charge in [0.15, 0.2) is 11.3 Å². The van der Waals surface area contributed by atoms with Gasteiger partial charge < -0.3 is 25.0 Å². The third-order valence-corrected chi connectivity index (χ3v) is 6.40. The third kappa shape index (κ3) is 6.56. The Morgan fingerprint density at radius 3 is 2.37 bits per heavy atom. The first-order valence-corrected chi connectivity index (χ1v) is 12.8. The molecule has 206 valence electrons. The second-order valence-corrected chi connectivity index (χ2v) is 10.0. The number of hydrogen-bond acceptors (Lipinski definition) is 10. The van der Waals surface area contributed by atoms with Gasteiger partial charge >= 0.3 is 5.97 Å². The summed E-state index contributed by atoms with van der Waals surface area (Å²) in [6.45, 7) is 3.03. The van der Waals surface area contributed by atoms with Gasteiger partial charge in [0, 0.05) is 37.1 Å². The summed E-state index contributed by atoms with van der Waals surface area (Å²) in [5.41, 5.74) is -2.13. The molecule has 4 heterocycles. The minimum absolute atomic E-state index is 0.100. The average Bonchev–Trinajstić information content (AvgIpc) is 3.60. The third-order valence-electron chi connectivity index (χ3n) is 6.40. The smallest absolute Gasteiger partial charge is 0.324 e. The molecule has 6 rings (SSSR count). The van der Waals surface area contributed by atoms with Crippen LogP contribution in [0.25, 0.3) is 22.4 Å². The van der Waals surface area contributed by atoms with E-state index >= 15 is 0 Å². The summed E-state index contributed by atoms with van der Waals surface area (Å²) in [7, 11) is 17.0. The predicted octanol–water partition coefficient (Wildman–Crippen LogP) is 0.511. The van der Waals surface area contributed by atoms with Crippen molar-refractivity contribution in [1.82, 2.24) is 29.7 Å². The highest BCUT2D eigenvalue weighted by Crippen LogP contribution is 2.34. The van der Waals surface area contributed by atoms with Crippen molar-refractivity contribution in [3.63, 3.8) is 0 Å². The van der Waals surface area contributed by atoms with E-state index in [1.165, 1.54) is 12.8 Å². The van der Waals surface area contributed by atoms with Crippen molar-refractivity contribution < 1.29 is 28.8 Å². The van der Waals surface area contributed by atoms with E-state index in [0.29, 0.717) is 25.8 Å². The minimum atomic E-state index is -3.51. The molecule has 0 amide bonds. The van der Waals surface area contributed by atoms with Crippen molar-refractivity contribution in [3.8, 4) is 11.3 Å². The largest absolute Gasteiger partial charge is 0.375 e. The molecule has 3 N–H and O–H groups in total. The Labute approximate surface area is 237 Å².